The van der Waals surface area contributed by atoms with Gasteiger partial charge in [0.25, 0.3) is 5.91 Å². The van der Waals surface area contributed by atoms with Crippen molar-refractivity contribution in [3.8, 4) is 11.5 Å². The minimum Gasteiger partial charge on any atom is -0.508 e. The maximum absolute atomic E-state index is 13.5. The molecule has 3 aromatic rings. The van der Waals surface area contributed by atoms with Crippen LogP contribution < -0.4 is 10.1 Å². The van der Waals surface area contributed by atoms with E-state index in [0.717, 1.165) is 6.07 Å². The lowest BCUT2D eigenvalue weighted by Crippen LogP contribution is -2.38. The van der Waals surface area contributed by atoms with Gasteiger partial charge in [0, 0.05) is 17.8 Å². The lowest BCUT2D eigenvalue weighted by molar-refractivity contribution is -0.155. The highest BCUT2D eigenvalue weighted by Crippen LogP contribution is 2.34. The number of phenolic OH excluding ortho intramolecular Hbond substituents is 1. The van der Waals surface area contributed by atoms with Gasteiger partial charge in [-0.25, -0.2) is 0 Å². The van der Waals surface area contributed by atoms with E-state index in [1.807, 2.05) is 0 Å². The average Bonchev–Trinajstić information content (AvgIpc) is 2.88. The number of ether oxygens (including phenoxy) is 2. The molecular formula is C30H31F3N2O6. The lowest BCUT2D eigenvalue weighted by atomic mass is 10.0. The lowest BCUT2D eigenvalue weighted by Gasteiger charge is -2.25. The smallest absolute Gasteiger partial charge is 0.416 e. The fraction of sp³-hybridized carbons (Fsp3) is 0.300. The molecule has 2 amide bonds. The van der Waals surface area contributed by atoms with Crippen LogP contribution in [0.4, 0.5) is 18.9 Å². The number of nitrogens with zero attached hydrogens (tertiary/aromatic N) is 1. The molecule has 0 aliphatic rings. The number of anilines is 1. The second-order valence-corrected chi connectivity index (χ2v) is 10.2. The average molecular weight is 573 g/mol. The quantitative estimate of drug-likeness (QED) is 0.324. The summed E-state index contributed by atoms with van der Waals surface area (Å²) in [6.07, 6.45) is -5.20. The normalized spacial score (nSPS) is 11.5. The van der Waals surface area contributed by atoms with Crippen LogP contribution in [0.2, 0.25) is 0 Å². The number of benzene rings is 3. The molecule has 3 aromatic carbocycles. The number of aromatic hydroxyl groups is 1. The first kappa shape index (κ1) is 31.0. The number of hydrogen-bond acceptors (Lipinski definition) is 6. The minimum atomic E-state index is -4.67. The molecule has 0 saturated carbocycles. The van der Waals surface area contributed by atoms with Gasteiger partial charge in [0.15, 0.2) is 0 Å². The summed E-state index contributed by atoms with van der Waals surface area (Å²) < 4.78 is 50.7. The van der Waals surface area contributed by atoms with Crippen molar-refractivity contribution in [2.45, 2.75) is 45.5 Å². The molecule has 0 aliphatic carbocycles. The monoisotopic (exact) mass is 572 g/mol. The van der Waals surface area contributed by atoms with Crippen LogP contribution in [0.5, 0.6) is 11.5 Å². The second-order valence-electron chi connectivity index (χ2n) is 10.2. The molecule has 0 heterocycles. The molecule has 0 spiro atoms. The number of phenols is 1. The Morgan fingerprint density at radius 1 is 0.927 bits per heavy atom. The maximum atomic E-state index is 13.5. The zero-order chi connectivity index (χ0) is 30.4. The Morgan fingerprint density at radius 2 is 1.56 bits per heavy atom. The van der Waals surface area contributed by atoms with E-state index in [-0.39, 0.29) is 41.4 Å². The summed E-state index contributed by atoms with van der Waals surface area (Å²) in [6, 6.07) is 15.3. The zero-order valence-electron chi connectivity index (χ0n) is 23.0. The summed E-state index contributed by atoms with van der Waals surface area (Å²) in [5.41, 5.74) is -0.788. The maximum Gasteiger partial charge on any atom is 0.416 e. The van der Waals surface area contributed by atoms with Crippen LogP contribution in [0.3, 0.4) is 0 Å². The molecule has 0 saturated heterocycles. The number of hydrogen-bond donors (Lipinski definition) is 2. The van der Waals surface area contributed by atoms with Crippen molar-refractivity contribution < 1.29 is 42.1 Å². The van der Waals surface area contributed by atoms with Gasteiger partial charge in [-0.05, 0) is 80.4 Å². The number of amides is 2. The van der Waals surface area contributed by atoms with Gasteiger partial charge in [-0.3, -0.25) is 14.4 Å². The van der Waals surface area contributed by atoms with Gasteiger partial charge in [-0.1, -0.05) is 18.2 Å². The van der Waals surface area contributed by atoms with Crippen molar-refractivity contribution >= 4 is 23.5 Å². The number of rotatable bonds is 9. The van der Waals surface area contributed by atoms with Crippen LogP contribution in [-0.2, 0) is 33.5 Å². The van der Waals surface area contributed by atoms with E-state index < -0.39 is 41.5 Å². The van der Waals surface area contributed by atoms with Crippen LogP contribution >= 0.6 is 0 Å². The molecule has 41 heavy (non-hydrogen) atoms. The molecular weight excluding hydrogens is 541 g/mol. The van der Waals surface area contributed by atoms with E-state index in [0.29, 0.717) is 5.56 Å². The molecule has 0 unspecified atom stereocenters. The van der Waals surface area contributed by atoms with Gasteiger partial charge in [0.05, 0.1) is 19.1 Å². The summed E-state index contributed by atoms with van der Waals surface area (Å²) in [5.74, 6) is -1.70. The van der Waals surface area contributed by atoms with Crippen molar-refractivity contribution in [1.82, 2.24) is 4.90 Å². The predicted molar refractivity (Wildman–Crippen MR) is 145 cm³/mol. The van der Waals surface area contributed by atoms with E-state index in [1.165, 1.54) is 60.5 Å². The van der Waals surface area contributed by atoms with Crippen molar-refractivity contribution in [2.24, 2.45) is 0 Å². The van der Waals surface area contributed by atoms with E-state index in [1.54, 1.807) is 32.9 Å². The van der Waals surface area contributed by atoms with Crippen LogP contribution in [0.1, 0.15) is 47.8 Å². The molecule has 8 nitrogen and oxygen atoms in total. The Hall–Kier alpha value is -4.54. The van der Waals surface area contributed by atoms with E-state index in [9.17, 15) is 32.7 Å². The van der Waals surface area contributed by atoms with Gasteiger partial charge < -0.3 is 24.8 Å². The number of carbonyl (C=O) groups is 3. The third-order valence-electron chi connectivity index (χ3n) is 5.73. The van der Waals surface area contributed by atoms with Crippen LogP contribution in [0.25, 0.3) is 0 Å². The van der Waals surface area contributed by atoms with E-state index in [4.69, 9.17) is 9.47 Å². The first-order valence-corrected chi connectivity index (χ1v) is 12.6. The molecule has 0 radical (unpaired) electrons. The topological polar surface area (TPSA) is 105 Å². The summed E-state index contributed by atoms with van der Waals surface area (Å²) in [7, 11) is 1.25. The van der Waals surface area contributed by atoms with Crippen molar-refractivity contribution in [1.29, 1.82) is 0 Å². The standard InChI is InChI=1S/C30H31F3N2O6/c1-29(2,3)41-27(38)18-35(17-19-5-12-23(36)13-6-19)28(39)20-7-10-22(11-8-20)34-26(37)15-21-9-14-24(40-4)16-25(21)30(31,32)33/h5-14,16,36H,15,17-18H2,1-4H3,(H,34,37). The Bertz CT molecular complexity index is 1380. The Morgan fingerprint density at radius 3 is 2.12 bits per heavy atom. The van der Waals surface area contributed by atoms with Gasteiger partial charge in [-0.2, -0.15) is 13.2 Å². The van der Waals surface area contributed by atoms with Crippen molar-refractivity contribution in [3.05, 3.63) is 89.0 Å². The molecule has 3 rings (SSSR count). The number of nitrogens with one attached hydrogen (secondary N) is 1. The van der Waals surface area contributed by atoms with Crippen LogP contribution in [-0.4, -0.2) is 47.0 Å². The zero-order valence-corrected chi connectivity index (χ0v) is 23.0. The predicted octanol–water partition coefficient (Wildman–Crippen LogP) is 5.58. The second kappa shape index (κ2) is 12.8. The molecule has 11 heteroatoms. The highest BCUT2D eigenvalue weighted by atomic mass is 19.4. The number of carbonyl (C=O) groups excluding carboxylic acids is 3. The molecule has 0 aliphatic heterocycles. The molecule has 2 N–H and O–H groups in total. The fourth-order valence-electron chi connectivity index (χ4n) is 3.91. The van der Waals surface area contributed by atoms with E-state index in [2.05, 4.69) is 5.32 Å². The highest BCUT2D eigenvalue weighted by Gasteiger charge is 2.34. The van der Waals surface area contributed by atoms with Gasteiger partial charge in [-0.15, -0.1) is 0 Å². The number of esters is 1. The molecule has 218 valence electrons. The Balaban J connectivity index is 1.74. The van der Waals surface area contributed by atoms with Gasteiger partial charge in [0.2, 0.25) is 5.91 Å². The van der Waals surface area contributed by atoms with Crippen molar-refractivity contribution in [2.75, 3.05) is 19.0 Å². The summed E-state index contributed by atoms with van der Waals surface area (Å²) in [6.45, 7) is 4.85. The molecule has 0 atom stereocenters. The van der Waals surface area contributed by atoms with Gasteiger partial charge in [0.1, 0.15) is 23.6 Å². The number of alkyl halides is 3. The van der Waals surface area contributed by atoms with Crippen LogP contribution in [0.15, 0.2) is 66.7 Å². The van der Waals surface area contributed by atoms with Crippen LogP contribution in [0, 0.1) is 0 Å². The third-order valence-corrected chi connectivity index (χ3v) is 5.73. The summed E-state index contributed by atoms with van der Waals surface area (Å²) in [4.78, 5) is 39.7. The Kier molecular flexibility index (Phi) is 9.64. The first-order chi connectivity index (χ1) is 19.1. The minimum absolute atomic E-state index is 0.0212. The molecule has 0 bridgehead atoms. The first-order valence-electron chi connectivity index (χ1n) is 12.6. The molecule has 0 aromatic heterocycles. The summed E-state index contributed by atoms with van der Waals surface area (Å²) in [5, 5.41) is 12.1. The third kappa shape index (κ3) is 9.26. The fourth-order valence-corrected chi connectivity index (χ4v) is 3.91. The van der Waals surface area contributed by atoms with Crippen molar-refractivity contribution in [3.63, 3.8) is 0 Å². The van der Waals surface area contributed by atoms with Gasteiger partial charge >= 0.3 is 12.1 Å². The highest BCUT2D eigenvalue weighted by molar-refractivity contribution is 5.97. The molecule has 0 fully saturated rings. The summed E-state index contributed by atoms with van der Waals surface area (Å²) >= 11 is 0. The van der Waals surface area contributed by atoms with E-state index >= 15 is 0 Å². The number of methoxy groups -OCH3 is 1. The SMILES string of the molecule is COc1ccc(CC(=O)Nc2ccc(C(=O)N(CC(=O)OC(C)(C)C)Cc3ccc(O)cc3)cc2)c(C(F)(F)F)c1. The Labute approximate surface area is 235 Å². The largest absolute Gasteiger partial charge is 0.508 e. The number of halogens is 3.